The Hall–Kier alpha value is -2.60. The molecule has 6 heteroatoms. The van der Waals surface area contributed by atoms with Gasteiger partial charge >= 0.3 is 0 Å². The van der Waals surface area contributed by atoms with Gasteiger partial charge in [0.05, 0.1) is 5.69 Å². The summed E-state index contributed by atoms with van der Waals surface area (Å²) in [6.07, 6.45) is 3.19. The van der Waals surface area contributed by atoms with E-state index in [4.69, 9.17) is 9.47 Å². The molecular weight excluding hydrogens is 342 g/mol. The monoisotopic (exact) mass is 365 g/mol. The van der Waals surface area contributed by atoms with Gasteiger partial charge in [-0.05, 0) is 68.1 Å². The Morgan fingerprint density at radius 2 is 1.93 bits per heavy atom. The van der Waals surface area contributed by atoms with E-state index in [9.17, 15) is 4.79 Å². The molecule has 1 unspecified atom stereocenters. The van der Waals surface area contributed by atoms with Crippen LogP contribution in [0.5, 0.6) is 11.5 Å². The number of nitrogens with zero attached hydrogens (tertiary/aromatic N) is 1. The quantitative estimate of drug-likeness (QED) is 0.875. The number of fused-ring (bicyclic) bond motifs is 1. The molecule has 1 aliphatic carbocycles. The highest BCUT2D eigenvalue weighted by Gasteiger charge is 2.57. The number of benzene rings is 1. The van der Waals surface area contributed by atoms with Crippen molar-refractivity contribution in [2.45, 2.75) is 19.3 Å². The molecular formula is C21H23N3O3. The van der Waals surface area contributed by atoms with E-state index >= 15 is 0 Å². The van der Waals surface area contributed by atoms with E-state index in [0.717, 1.165) is 55.1 Å². The lowest BCUT2D eigenvalue weighted by Gasteiger charge is -2.23. The lowest BCUT2D eigenvalue weighted by molar-refractivity contribution is -0.118. The van der Waals surface area contributed by atoms with Gasteiger partial charge in [0.15, 0.2) is 11.5 Å². The molecule has 1 amide bonds. The fourth-order valence-corrected chi connectivity index (χ4v) is 4.28. The first-order valence-electron chi connectivity index (χ1n) is 9.62. The number of carbonyl (C=O) groups is 1. The summed E-state index contributed by atoms with van der Waals surface area (Å²) in [6.45, 7) is 3.16. The summed E-state index contributed by atoms with van der Waals surface area (Å²) in [5.41, 5.74) is 1.97. The molecule has 2 aliphatic heterocycles. The van der Waals surface area contributed by atoms with Crippen LogP contribution in [0.2, 0.25) is 0 Å². The third-order valence-electron chi connectivity index (χ3n) is 5.94. The van der Waals surface area contributed by atoms with Crippen molar-refractivity contribution in [3.05, 3.63) is 36.4 Å². The normalized spacial score (nSPS) is 22.3. The molecule has 0 bridgehead atoms. The van der Waals surface area contributed by atoms with Crippen molar-refractivity contribution < 1.29 is 14.3 Å². The number of amides is 1. The third kappa shape index (κ3) is 3.14. The minimum absolute atomic E-state index is 0.101. The highest BCUT2D eigenvalue weighted by Crippen LogP contribution is 2.58. The highest BCUT2D eigenvalue weighted by molar-refractivity contribution is 5.94. The molecule has 1 atom stereocenters. The second-order valence-corrected chi connectivity index (χ2v) is 7.62. The zero-order valence-corrected chi connectivity index (χ0v) is 15.2. The first kappa shape index (κ1) is 16.6. The van der Waals surface area contributed by atoms with Crippen molar-refractivity contribution in [2.24, 2.45) is 11.3 Å². The van der Waals surface area contributed by atoms with Gasteiger partial charge in [-0.15, -0.1) is 0 Å². The molecule has 2 N–H and O–H groups in total. The predicted octanol–water partition coefficient (Wildman–Crippen LogP) is 2.85. The Labute approximate surface area is 158 Å². The molecule has 5 rings (SSSR count). The minimum Gasteiger partial charge on any atom is -0.486 e. The molecule has 1 saturated heterocycles. The van der Waals surface area contributed by atoms with Gasteiger partial charge in [0.2, 0.25) is 5.91 Å². The van der Waals surface area contributed by atoms with Crippen LogP contribution in [0.1, 0.15) is 19.3 Å². The number of ether oxygens (including phenoxy) is 2. The Bertz CT molecular complexity index is 877. The maximum Gasteiger partial charge on any atom is 0.229 e. The molecule has 6 nitrogen and oxygen atoms in total. The SMILES string of the molecule is O=C(Nc1cccc(-c2ccc3c(c2)OCCO3)n1)C1CC12CCNCC2. The van der Waals surface area contributed by atoms with Crippen molar-refractivity contribution in [2.75, 3.05) is 31.6 Å². The maximum absolute atomic E-state index is 12.7. The zero-order chi connectivity index (χ0) is 18.3. The Morgan fingerprint density at radius 3 is 2.78 bits per heavy atom. The second kappa shape index (κ2) is 6.53. The van der Waals surface area contributed by atoms with Gasteiger partial charge in [-0.25, -0.2) is 4.98 Å². The average Bonchev–Trinajstić information content (AvgIpc) is 3.41. The van der Waals surface area contributed by atoms with E-state index in [1.165, 1.54) is 0 Å². The molecule has 27 heavy (non-hydrogen) atoms. The van der Waals surface area contributed by atoms with E-state index in [0.29, 0.717) is 19.0 Å². The smallest absolute Gasteiger partial charge is 0.229 e. The average molecular weight is 365 g/mol. The molecule has 3 heterocycles. The van der Waals surface area contributed by atoms with Crippen LogP contribution in [-0.4, -0.2) is 37.2 Å². The number of nitrogens with one attached hydrogen (secondary N) is 2. The third-order valence-corrected chi connectivity index (χ3v) is 5.94. The largest absolute Gasteiger partial charge is 0.486 e. The lowest BCUT2D eigenvalue weighted by atomic mass is 9.92. The molecule has 1 aromatic heterocycles. The van der Waals surface area contributed by atoms with Gasteiger partial charge in [-0.2, -0.15) is 0 Å². The van der Waals surface area contributed by atoms with Crippen LogP contribution in [0.25, 0.3) is 11.3 Å². The molecule has 1 spiro atoms. The van der Waals surface area contributed by atoms with E-state index in [-0.39, 0.29) is 17.2 Å². The topological polar surface area (TPSA) is 72.5 Å². The first-order chi connectivity index (χ1) is 13.2. The molecule has 140 valence electrons. The van der Waals surface area contributed by atoms with Gasteiger partial charge < -0.3 is 20.1 Å². The van der Waals surface area contributed by atoms with Crippen LogP contribution in [0.3, 0.4) is 0 Å². The van der Waals surface area contributed by atoms with Crippen LogP contribution >= 0.6 is 0 Å². The zero-order valence-electron chi connectivity index (χ0n) is 15.2. The van der Waals surface area contributed by atoms with Crippen molar-refractivity contribution in [1.29, 1.82) is 0 Å². The fourth-order valence-electron chi connectivity index (χ4n) is 4.28. The number of hydrogen-bond acceptors (Lipinski definition) is 5. The Balaban J connectivity index is 1.32. The number of carbonyl (C=O) groups excluding carboxylic acids is 1. The van der Waals surface area contributed by atoms with Crippen molar-refractivity contribution in [3.63, 3.8) is 0 Å². The molecule has 2 aromatic rings. The number of pyridine rings is 1. The number of hydrogen-bond donors (Lipinski definition) is 2. The van der Waals surface area contributed by atoms with Crippen LogP contribution in [-0.2, 0) is 4.79 Å². The number of rotatable bonds is 3. The van der Waals surface area contributed by atoms with Gasteiger partial charge in [-0.3, -0.25) is 4.79 Å². The summed E-state index contributed by atoms with van der Waals surface area (Å²) in [4.78, 5) is 17.3. The number of aromatic nitrogens is 1. The fraction of sp³-hybridized carbons (Fsp3) is 0.429. The van der Waals surface area contributed by atoms with Crippen molar-refractivity contribution in [1.82, 2.24) is 10.3 Å². The van der Waals surface area contributed by atoms with E-state index in [1.54, 1.807) is 0 Å². The molecule has 2 fully saturated rings. The van der Waals surface area contributed by atoms with Crippen LogP contribution in [0.15, 0.2) is 36.4 Å². The summed E-state index contributed by atoms with van der Waals surface area (Å²) >= 11 is 0. The van der Waals surface area contributed by atoms with Crippen molar-refractivity contribution in [3.8, 4) is 22.8 Å². The van der Waals surface area contributed by atoms with Gasteiger partial charge in [0.1, 0.15) is 19.0 Å². The molecule has 1 aromatic carbocycles. The van der Waals surface area contributed by atoms with Crippen LogP contribution in [0, 0.1) is 11.3 Å². The van der Waals surface area contributed by atoms with Crippen LogP contribution < -0.4 is 20.1 Å². The van der Waals surface area contributed by atoms with Gasteiger partial charge in [0.25, 0.3) is 0 Å². The van der Waals surface area contributed by atoms with Gasteiger partial charge in [-0.1, -0.05) is 6.07 Å². The Kier molecular flexibility index (Phi) is 4.01. The predicted molar refractivity (Wildman–Crippen MR) is 102 cm³/mol. The molecule has 1 saturated carbocycles. The van der Waals surface area contributed by atoms with E-state index in [2.05, 4.69) is 15.6 Å². The van der Waals surface area contributed by atoms with E-state index in [1.807, 2.05) is 36.4 Å². The summed E-state index contributed by atoms with van der Waals surface area (Å²) in [5.74, 6) is 2.32. The van der Waals surface area contributed by atoms with E-state index < -0.39 is 0 Å². The van der Waals surface area contributed by atoms with Crippen LogP contribution in [0.4, 0.5) is 5.82 Å². The Morgan fingerprint density at radius 1 is 1.11 bits per heavy atom. The van der Waals surface area contributed by atoms with Crippen molar-refractivity contribution >= 4 is 11.7 Å². The standard InChI is InChI=1S/C21H23N3O3/c25-20(15-13-21(15)6-8-22-9-7-21)24-19-3-1-2-16(23-19)14-4-5-17-18(12-14)27-11-10-26-17/h1-5,12,15,22H,6-11,13H2,(H,23,24,25). The number of piperidine rings is 1. The molecule has 3 aliphatic rings. The summed E-state index contributed by atoms with van der Waals surface area (Å²) in [5, 5.41) is 6.40. The van der Waals surface area contributed by atoms with Gasteiger partial charge in [0, 0.05) is 11.5 Å². The second-order valence-electron chi connectivity index (χ2n) is 7.62. The lowest BCUT2D eigenvalue weighted by Crippen LogP contribution is -2.31. The summed E-state index contributed by atoms with van der Waals surface area (Å²) in [7, 11) is 0. The highest BCUT2D eigenvalue weighted by atomic mass is 16.6. The first-order valence-corrected chi connectivity index (χ1v) is 9.62. The minimum atomic E-state index is 0.101. The molecule has 0 radical (unpaired) electrons. The maximum atomic E-state index is 12.7. The summed E-state index contributed by atoms with van der Waals surface area (Å²) < 4.78 is 11.2. The number of anilines is 1. The summed E-state index contributed by atoms with van der Waals surface area (Å²) in [6, 6.07) is 11.5.